The Labute approximate surface area is 178 Å². The van der Waals surface area contributed by atoms with Crippen LogP contribution in [-0.4, -0.2) is 26.0 Å². The fourth-order valence-corrected chi connectivity index (χ4v) is 4.01. The van der Waals surface area contributed by atoms with Gasteiger partial charge in [0.15, 0.2) is 5.82 Å². The molecule has 0 unspecified atom stereocenters. The maximum Gasteiger partial charge on any atom is 0.256 e. The molecule has 2 heterocycles. The highest BCUT2D eigenvalue weighted by atomic mass is 32.2. The number of carbonyl (C=O) groups excluding carboxylic acids is 1. The van der Waals surface area contributed by atoms with Crippen LogP contribution in [0.3, 0.4) is 0 Å². The summed E-state index contributed by atoms with van der Waals surface area (Å²) in [6, 6.07) is 13.2. The Hall–Kier alpha value is -3.13. The molecule has 7 nitrogen and oxygen atoms in total. The van der Waals surface area contributed by atoms with E-state index in [0.29, 0.717) is 23.0 Å². The van der Waals surface area contributed by atoms with Crippen LogP contribution in [-0.2, 0) is 12.2 Å². The number of aryl methyl sites for hydroxylation is 2. The highest BCUT2D eigenvalue weighted by Gasteiger charge is 2.14. The normalized spacial score (nSPS) is 11.1. The number of nitrogens with zero attached hydrogens (tertiary/aromatic N) is 3. The minimum absolute atomic E-state index is 0.162. The summed E-state index contributed by atoms with van der Waals surface area (Å²) in [6.45, 7) is 3.94. The molecule has 0 saturated carbocycles. The van der Waals surface area contributed by atoms with E-state index >= 15 is 0 Å². The molecule has 154 valence electrons. The Balaban J connectivity index is 1.48. The number of H-pyrrole nitrogens is 1. The van der Waals surface area contributed by atoms with Crippen LogP contribution >= 0.6 is 11.8 Å². The van der Waals surface area contributed by atoms with Crippen molar-refractivity contribution in [2.45, 2.75) is 43.8 Å². The molecule has 0 bridgehead atoms. The van der Waals surface area contributed by atoms with Crippen LogP contribution in [0.2, 0.25) is 0 Å². The second kappa shape index (κ2) is 9.13. The molecule has 0 fully saturated rings. The second-order valence-electron chi connectivity index (χ2n) is 6.99. The molecule has 2 aromatic carbocycles. The summed E-state index contributed by atoms with van der Waals surface area (Å²) in [4.78, 5) is 25.9. The number of rotatable bonds is 8. The molecule has 0 saturated heterocycles. The highest BCUT2D eigenvalue weighted by molar-refractivity contribution is 7.98. The number of anilines is 1. The highest BCUT2D eigenvalue weighted by Crippen LogP contribution is 2.27. The van der Waals surface area contributed by atoms with Gasteiger partial charge in [-0.2, -0.15) is 4.98 Å². The fourth-order valence-electron chi connectivity index (χ4n) is 3.12. The summed E-state index contributed by atoms with van der Waals surface area (Å²) in [5.41, 5.74) is 3.16. The van der Waals surface area contributed by atoms with Gasteiger partial charge in [-0.15, -0.1) is 11.8 Å². The number of aromatic amines is 1. The van der Waals surface area contributed by atoms with Crippen LogP contribution in [0, 0.1) is 6.92 Å². The van der Waals surface area contributed by atoms with E-state index < -0.39 is 0 Å². The van der Waals surface area contributed by atoms with E-state index in [-0.39, 0.29) is 5.91 Å². The van der Waals surface area contributed by atoms with Gasteiger partial charge in [0.05, 0.1) is 22.3 Å². The number of hydrogen-bond donors (Lipinski definition) is 2. The minimum atomic E-state index is -0.162. The molecule has 0 aliphatic heterocycles. The Morgan fingerprint density at radius 3 is 2.87 bits per heavy atom. The molecular formula is C22H23N5O2S. The molecule has 1 amide bonds. The molecule has 0 spiro atoms. The first kappa shape index (κ1) is 20.2. The number of imidazole rings is 1. The van der Waals surface area contributed by atoms with Crippen LogP contribution in [0.4, 0.5) is 5.69 Å². The van der Waals surface area contributed by atoms with Crippen LogP contribution < -0.4 is 5.32 Å². The first-order valence-corrected chi connectivity index (χ1v) is 10.9. The van der Waals surface area contributed by atoms with Crippen molar-refractivity contribution in [3.05, 3.63) is 65.6 Å². The predicted octanol–water partition coefficient (Wildman–Crippen LogP) is 5.14. The van der Waals surface area contributed by atoms with Gasteiger partial charge in [-0.25, -0.2) is 4.98 Å². The topological polar surface area (TPSA) is 96.7 Å². The standard InChI is InChI=1S/C22H23N5O2S/c1-3-4-9-20-25-17-11-10-15(12-18(17)26-20)24-22(28)16-7-5-6-8-19(16)30-13-21-23-14(2)27-29-21/h5-8,10-12H,3-4,9,13H2,1-2H3,(H,24,28)(H,25,26). The lowest BCUT2D eigenvalue weighted by molar-refractivity contribution is 0.102. The summed E-state index contributed by atoms with van der Waals surface area (Å²) >= 11 is 1.49. The molecule has 30 heavy (non-hydrogen) atoms. The zero-order chi connectivity index (χ0) is 20.9. The van der Waals surface area contributed by atoms with Gasteiger partial charge in [0.1, 0.15) is 5.82 Å². The maximum atomic E-state index is 12.9. The molecule has 2 N–H and O–H groups in total. The lowest BCUT2D eigenvalue weighted by Crippen LogP contribution is -2.13. The van der Waals surface area contributed by atoms with Crippen molar-refractivity contribution in [2.24, 2.45) is 0 Å². The summed E-state index contributed by atoms with van der Waals surface area (Å²) in [5, 5.41) is 6.79. The van der Waals surface area contributed by atoms with Crippen LogP contribution in [0.15, 0.2) is 51.9 Å². The van der Waals surface area contributed by atoms with Crippen molar-refractivity contribution in [3.63, 3.8) is 0 Å². The van der Waals surface area contributed by atoms with Crippen molar-refractivity contribution in [1.82, 2.24) is 20.1 Å². The molecule has 4 aromatic rings. The van der Waals surface area contributed by atoms with Gasteiger partial charge in [-0.3, -0.25) is 4.79 Å². The summed E-state index contributed by atoms with van der Waals surface area (Å²) in [7, 11) is 0. The fraction of sp³-hybridized carbons (Fsp3) is 0.273. The van der Waals surface area contributed by atoms with Crippen LogP contribution in [0.5, 0.6) is 0 Å². The van der Waals surface area contributed by atoms with Gasteiger partial charge in [0.2, 0.25) is 5.89 Å². The summed E-state index contributed by atoms with van der Waals surface area (Å²) in [5.74, 6) is 2.46. The van der Waals surface area contributed by atoms with E-state index in [9.17, 15) is 4.79 Å². The van der Waals surface area contributed by atoms with E-state index in [1.165, 1.54) is 11.8 Å². The lowest BCUT2D eigenvalue weighted by Gasteiger charge is -2.09. The number of fused-ring (bicyclic) bond motifs is 1. The smallest absolute Gasteiger partial charge is 0.256 e. The lowest BCUT2D eigenvalue weighted by atomic mass is 10.2. The van der Waals surface area contributed by atoms with Gasteiger partial charge in [-0.1, -0.05) is 30.6 Å². The van der Waals surface area contributed by atoms with Crippen molar-refractivity contribution in [3.8, 4) is 0 Å². The first-order chi connectivity index (χ1) is 14.6. The number of aromatic nitrogens is 4. The second-order valence-corrected chi connectivity index (χ2v) is 8.01. The van der Waals surface area contributed by atoms with Gasteiger partial charge in [-0.05, 0) is 43.7 Å². The van der Waals surface area contributed by atoms with E-state index in [2.05, 4.69) is 32.3 Å². The third kappa shape index (κ3) is 4.71. The van der Waals surface area contributed by atoms with Crippen LogP contribution in [0.25, 0.3) is 11.0 Å². The predicted molar refractivity (Wildman–Crippen MR) is 118 cm³/mol. The van der Waals surface area contributed by atoms with Crippen molar-refractivity contribution in [2.75, 3.05) is 5.32 Å². The molecule has 0 aliphatic rings. The number of thioether (sulfide) groups is 1. The van der Waals surface area contributed by atoms with Gasteiger partial charge < -0.3 is 14.8 Å². The Morgan fingerprint density at radius 1 is 1.20 bits per heavy atom. The molecule has 0 atom stereocenters. The first-order valence-electron chi connectivity index (χ1n) is 9.93. The minimum Gasteiger partial charge on any atom is -0.342 e. The van der Waals surface area contributed by atoms with Gasteiger partial charge >= 0.3 is 0 Å². The number of unbranched alkanes of at least 4 members (excludes halogenated alkanes) is 1. The third-order valence-corrected chi connectivity index (χ3v) is 5.67. The Kier molecular flexibility index (Phi) is 6.13. The maximum absolute atomic E-state index is 12.9. The SMILES string of the molecule is CCCCc1nc2ccc(NC(=O)c3ccccc3SCc3nc(C)no3)cc2[nH]1. The van der Waals surface area contributed by atoms with Gasteiger partial charge in [0, 0.05) is 17.0 Å². The zero-order valence-corrected chi connectivity index (χ0v) is 17.8. The van der Waals surface area contributed by atoms with Crippen molar-refractivity contribution < 1.29 is 9.32 Å². The zero-order valence-electron chi connectivity index (χ0n) is 16.9. The molecule has 4 rings (SSSR count). The molecule has 0 radical (unpaired) electrons. The third-order valence-electron chi connectivity index (χ3n) is 4.61. The molecule has 2 aromatic heterocycles. The number of nitrogens with one attached hydrogen (secondary N) is 2. The van der Waals surface area contributed by atoms with Gasteiger partial charge in [0.25, 0.3) is 5.91 Å². The quantitative estimate of drug-likeness (QED) is 0.382. The van der Waals surface area contributed by atoms with E-state index in [4.69, 9.17) is 4.52 Å². The van der Waals surface area contributed by atoms with Crippen LogP contribution in [0.1, 0.15) is 47.7 Å². The van der Waals surface area contributed by atoms with Crippen molar-refractivity contribution in [1.29, 1.82) is 0 Å². The van der Waals surface area contributed by atoms with E-state index in [0.717, 1.165) is 46.7 Å². The molecular weight excluding hydrogens is 398 g/mol. The average Bonchev–Trinajstić information content (AvgIpc) is 3.36. The summed E-state index contributed by atoms with van der Waals surface area (Å²) < 4.78 is 5.16. The number of amides is 1. The van der Waals surface area contributed by atoms with Crippen molar-refractivity contribution >= 4 is 34.4 Å². The Morgan fingerprint density at radius 2 is 2.07 bits per heavy atom. The number of benzene rings is 2. The molecule has 0 aliphatic carbocycles. The number of carbonyl (C=O) groups is 1. The Bertz CT molecular complexity index is 1170. The number of hydrogen-bond acceptors (Lipinski definition) is 6. The van der Waals surface area contributed by atoms with E-state index in [1.54, 1.807) is 6.92 Å². The largest absolute Gasteiger partial charge is 0.342 e. The van der Waals surface area contributed by atoms with E-state index in [1.807, 2.05) is 42.5 Å². The molecule has 8 heteroatoms. The monoisotopic (exact) mass is 421 g/mol. The average molecular weight is 422 g/mol. The summed E-state index contributed by atoms with van der Waals surface area (Å²) in [6.07, 6.45) is 3.15.